The molecule has 0 saturated heterocycles. The minimum atomic E-state index is -3.69. The van der Waals surface area contributed by atoms with Crippen LogP contribution in [0, 0.1) is 5.92 Å². The molecule has 0 aromatic rings. The van der Waals surface area contributed by atoms with Crippen LogP contribution in [0.15, 0.2) is 0 Å². The van der Waals surface area contributed by atoms with Crippen LogP contribution in [0.25, 0.3) is 0 Å². The van der Waals surface area contributed by atoms with Crippen molar-refractivity contribution in [1.82, 2.24) is 4.72 Å². The van der Waals surface area contributed by atoms with E-state index in [1.807, 2.05) is 13.8 Å². The first-order valence-corrected chi connectivity index (χ1v) is 7.62. The Morgan fingerprint density at radius 2 is 1.89 bits per heavy atom. The van der Waals surface area contributed by atoms with Crippen LogP contribution in [0.2, 0.25) is 0 Å². The lowest BCUT2D eigenvalue weighted by Crippen LogP contribution is -2.43. The third-order valence-electron chi connectivity index (χ3n) is 2.32. The monoisotopic (exact) mass is 295 g/mol. The number of carboxylic acid groups (broad SMARTS) is 1. The molecule has 0 aliphatic carbocycles. The Morgan fingerprint density at radius 3 is 2.32 bits per heavy atom. The summed E-state index contributed by atoms with van der Waals surface area (Å²) >= 11 is 0. The third kappa shape index (κ3) is 8.55. The number of hydrogen-bond donors (Lipinski definition) is 2. The van der Waals surface area contributed by atoms with Gasteiger partial charge >= 0.3 is 11.9 Å². The zero-order valence-electron chi connectivity index (χ0n) is 11.4. The molecule has 0 radical (unpaired) electrons. The van der Waals surface area contributed by atoms with E-state index in [-0.39, 0.29) is 24.5 Å². The Balaban J connectivity index is 4.54. The molecule has 0 bridgehead atoms. The van der Waals surface area contributed by atoms with Crippen molar-refractivity contribution in [2.45, 2.75) is 39.2 Å². The van der Waals surface area contributed by atoms with E-state index in [1.165, 1.54) is 7.11 Å². The van der Waals surface area contributed by atoms with Crippen LogP contribution >= 0.6 is 0 Å². The normalized spacial score (nSPS) is 13.3. The number of ether oxygens (including phenoxy) is 1. The second-order valence-electron chi connectivity index (χ2n) is 4.64. The van der Waals surface area contributed by atoms with E-state index in [2.05, 4.69) is 9.46 Å². The lowest BCUT2D eigenvalue weighted by molar-refractivity contribution is -0.143. The predicted molar refractivity (Wildman–Crippen MR) is 69.1 cm³/mol. The molecular weight excluding hydrogens is 274 g/mol. The van der Waals surface area contributed by atoms with Crippen LogP contribution in [-0.2, 0) is 24.3 Å². The lowest BCUT2D eigenvalue weighted by atomic mass is 10.1. The molecule has 0 fully saturated rings. The maximum Gasteiger partial charge on any atom is 0.323 e. The van der Waals surface area contributed by atoms with Crippen molar-refractivity contribution >= 4 is 22.0 Å². The van der Waals surface area contributed by atoms with Crippen molar-refractivity contribution in [3.05, 3.63) is 0 Å². The molecule has 0 aliphatic heterocycles. The first-order chi connectivity index (χ1) is 8.68. The van der Waals surface area contributed by atoms with Crippen LogP contribution in [0.1, 0.15) is 33.1 Å². The van der Waals surface area contributed by atoms with E-state index in [4.69, 9.17) is 5.11 Å². The summed E-state index contributed by atoms with van der Waals surface area (Å²) in [6.07, 6.45) is 0.0963. The fraction of sp³-hybridized carbons (Fsp3) is 0.818. The van der Waals surface area contributed by atoms with E-state index in [9.17, 15) is 18.0 Å². The molecule has 7 nitrogen and oxygen atoms in total. The molecule has 0 heterocycles. The number of sulfonamides is 1. The van der Waals surface area contributed by atoms with Gasteiger partial charge in [-0.1, -0.05) is 13.8 Å². The molecule has 19 heavy (non-hydrogen) atoms. The highest BCUT2D eigenvalue weighted by molar-refractivity contribution is 7.89. The topological polar surface area (TPSA) is 110 Å². The zero-order chi connectivity index (χ0) is 15.1. The van der Waals surface area contributed by atoms with Gasteiger partial charge in [0.05, 0.1) is 12.9 Å². The number of hydrogen-bond acceptors (Lipinski definition) is 5. The average Bonchev–Trinajstić information content (AvgIpc) is 2.25. The van der Waals surface area contributed by atoms with Gasteiger partial charge in [0.2, 0.25) is 10.0 Å². The summed E-state index contributed by atoms with van der Waals surface area (Å²) in [4.78, 5) is 21.8. The predicted octanol–water partition coefficient (Wildman–Crippen LogP) is 0.358. The summed E-state index contributed by atoms with van der Waals surface area (Å²) in [5.41, 5.74) is 0. The van der Waals surface area contributed by atoms with Crippen LogP contribution in [-0.4, -0.2) is 44.4 Å². The lowest BCUT2D eigenvalue weighted by Gasteiger charge is -2.18. The van der Waals surface area contributed by atoms with Crippen LogP contribution < -0.4 is 4.72 Å². The standard InChI is InChI=1S/C11H21NO6S/c1-8(2)7-9(11(15)18-3)12-19(16,17)6-4-5-10(13)14/h8-9,12H,4-7H2,1-3H3,(H,13,14). The minimum absolute atomic E-state index is 0.000236. The number of aliphatic carboxylic acids is 1. The van der Waals surface area contributed by atoms with E-state index in [1.54, 1.807) is 0 Å². The Kier molecular flexibility index (Phi) is 7.62. The smallest absolute Gasteiger partial charge is 0.323 e. The zero-order valence-corrected chi connectivity index (χ0v) is 12.2. The minimum Gasteiger partial charge on any atom is -0.481 e. The number of carbonyl (C=O) groups excluding carboxylic acids is 1. The summed E-state index contributed by atoms with van der Waals surface area (Å²) in [6, 6.07) is -0.931. The fourth-order valence-electron chi connectivity index (χ4n) is 1.50. The molecule has 8 heteroatoms. The molecule has 0 saturated carbocycles. The molecule has 0 aliphatic rings. The van der Waals surface area contributed by atoms with Gasteiger partial charge in [-0.05, 0) is 18.8 Å². The molecule has 0 aromatic carbocycles. The summed E-state index contributed by atoms with van der Waals surface area (Å²) in [5, 5.41) is 8.45. The number of nitrogens with one attached hydrogen (secondary N) is 1. The van der Waals surface area contributed by atoms with Crippen molar-refractivity contribution < 1.29 is 27.9 Å². The van der Waals surface area contributed by atoms with Crippen LogP contribution in [0.5, 0.6) is 0 Å². The molecule has 0 amide bonds. The number of rotatable bonds is 9. The van der Waals surface area contributed by atoms with Crippen molar-refractivity contribution in [3.8, 4) is 0 Å². The number of carboxylic acids is 1. The molecular formula is C11H21NO6S. The largest absolute Gasteiger partial charge is 0.481 e. The second-order valence-corrected chi connectivity index (χ2v) is 6.51. The van der Waals surface area contributed by atoms with Gasteiger partial charge in [-0.3, -0.25) is 9.59 Å². The number of esters is 1. The van der Waals surface area contributed by atoms with Gasteiger partial charge in [-0.25, -0.2) is 13.1 Å². The third-order valence-corrected chi connectivity index (χ3v) is 3.79. The van der Waals surface area contributed by atoms with Gasteiger partial charge in [-0.15, -0.1) is 0 Å². The fourth-order valence-corrected chi connectivity index (χ4v) is 2.76. The van der Waals surface area contributed by atoms with Crippen LogP contribution in [0.3, 0.4) is 0 Å². The molecule has 0 rings (SSSR count). The highest BCUT2D eigenvalue weighted by atomic mass is 32.2. The summed E-state index contributed by atoms with van der Waals surface area (Å²) in [5.74, 6) is -1.91. The average molecular weight is 295 g/mol. The second kappa shape index (κ2) is 8.11. The van der Waals surface area contributed by atoms with Gasteiger partial charge in [0.15, 0.2) is 0 Å². The maximum atomic E-state index is 11.7. The van der Waals surface area contributed by atoms with Crippen molar-refractivity contribution in [2.24, 2.45) is 5.92 Å². The van der Waals surface area contributed by atoms with Crippen molar-refractivity contribution in [2.75, 3.05) is 12.9 Å². The van der Waals surface area contributed by atoms with E-state index < -0.39 is 28.0 Å². The van der Waals surface area contributed by atoms with Crippen LogP contribution in [0.4, 0.5) is 0 Å². The Bertz CT molecular complexity index is 403. The first kappa shape index (κ1) is 17.8. The van der Waals surface area contributed by atoms with Gasteiger partial charge < -0.3 is 9.84 Å². The van der Waals surface area contributed by atoms with E-state index >= 15 is 0 Å². The number of methoxy groups -OCH3 is 1. The summed E-state index contributed by atoms with van der Waals surface area (Å²) in [6.45, 7) is 3.71. The first-order valence-electron chi connectivity index (χ1n) is 5.97. The Labute approximate surface area is 113 Å². The Hall–Kier alpha value is -1.15. The Morgan fingerprint density at radius 1 is 1.32 bits per heavy atom. The summed E-state index contributed by atoms with van der Waals surface area (Å²) in [7, 11) is -2.50. The van der Waals surface area contributed by atoms with Gasteiger partial charge in [0.25, 0.3) is 0 Å². The van der Waals surface area contributed by atoms with Gasteiger partial charge in [0, 0.05) is 6.42 Å². The van der Waals surface area contributed by atoms with E-state index in [0.29, 0.717) is 6.42 Å². The van der Waals surface area contributed by atoms with Gasteiger partial charge in [0.1, 0.15) is 6.04 Å². The molecule has 1 unspecified atom stereocenters. The van der Waals surface area contributed by atoms with Crippen molar-refractivity contribution in [3.63, 3.8) is 0 Å². The number of carbonyl (C=O) groups is 2. The molecule has 0 aromatic heterocycles. The maximum absolute atomic E-state index is 11.7. The SMILES string of the molecule is COC(=O)C(CC(C)C)NS(=O)(=O)CCCC(=O)O. The summed E-state index contributed by atoms with van der Waals surface area (Å²) < 4.78 is 30.2. The van der Waals surface area contributed by atoms with Gasteiger partial charge in [-0.2, -0.15) is 0 Å². The molecule has 112 valence electrons. The van der Waals surface area contributed by atoms with Crippen molar-refractivity contribution in [1.29, 1.82) is 0 Å². The molecule has 0 spiro atoms. The van der Waals surface area contributed by atoms with E-state index in [0.717, 1.165) is 0 Å². The highest BCUT2D eigenvalue weighted by Crippen LogP contribution is 2.08. The quantitative estimate of drug-likeness (QED) is 0.594. The molecule has 2 N–H and O–H groups in total. The molecule has 1 atom stereocenters. The highest BCUT2D eigenvalue weighted by Gasteiger charge is 2.25.